The van der Waals surface area contributed by atoms with Crippen LogP contribution in [0.4, 0.5) is 4.79 Å². The molecule has 2 aliphatic rings. The van der Waals surface area contributed by atoms with Crippen molar-refractivity contribution in [3.8, 4) is 11.1 Å². The van der Waals surface area contributed by atoms with E-state index >= 15 is 0 Å². The van der Waals surface area contributed by atoms with Gasteiger partial charge in [-0.05, 0) is 35.1 Å². The van der Waals surface area contributed by atoms with Crippen LogP contribution in [-0.4, -0.2) is 42.1 Å². The topological polar surface area (TPSA) is 72.9 Å². The van der Waals surface area contributed by atoms with Crippen LogP contribution >= 0.6 is 0 Å². The Kier molecular flexibility index (Phi) is 7.99. The third-order valence-electron chi connectivity index (χ3n) is 6.76. The molecule has 2 aromatic carbocycles. The zero-order valence-corrected chi connectivity index (χ0v) is 19.8. The van der Waals surface area contributed by atoms with Crippen molar-refractivity contribution in [1.29, 1.82) is 0 Å². The van der Waals surface area contributed by atoms with Crippen molar-refractivity contribution in [3.63, 3.8) is 0 Å². The van der Waals surface area contributed by atoms with Gasteiger partial charge in [-0.15, -0.1) is 0 Å². The van der Waals surface area contributed by atoms with Gasteiger partial charge >= 0.3 is 12.1 Å². The Morgan fingerprint density at radius 3 is 2.18 bits per heavy atom. The van der Waals surface area contributed by atoms with Crippen LogP contribution in [0.3, 0.4) is 0 Å². The molecule has 0 unspecified atom stereocenters. The molecule has 0 N–H and O–H groups in total. The minimum absolute atomic E-state index is 0.104. The number of amides is 2. The van der Waals surface area contributed by atoms with Gasteiger partial charge in [-0.1, -0.05) is 87.6 Å². The second-order valence-electron chi connectivity index (χ2n) is 9.06. The standard InChI is InChI=1S/C28H33NO5/c1-2-3-4-5-6-11-18-33-27(31)25-16-17-26(30)29(25)28(32)34-19-24-22-14-9-7-12-20(22)21-13-8-10-15-23(21)24/h7-10,12-15,24-25H,2-6,11,16-19H2,1H3/t25-/m0/s1. The summed E-state index contributed by atoms with van der Waals surface area (Å²) in [5.41, 5.74) is 4.46. The molecule has 0 aromatic heterocycles. The lowest BCUT2D eigenvalue weighted by Crippen LogP contribution is -2.44. The number of benzene rings is 2. The molecule has 4 rings (SSSR count). The molecule has 1 atom stereocenters. The van der Waals surface area contributed by atoms with Crippen LogP contribution < -0.4 is 0 Å². The summed E-state index contributed by atoms with van der Waals surface area (Å²) in [4.78, 5) is 38.9. The number of carbonyl (C=O) groups excluding carboxylic acids is 3. The van der Waals surface area contributed by atoms with Gasteiger partial charge in [0.15, 0.2) is 0 Å². The summed E-state index contributed by atoms with van der Waals surface area (Å²) in [5, 5.41) is 0. The fourth-order valence-corrected chi connectivity index (χ4v) is 4.95. The van der Waals surface area contributed by atoms with Crippen molar-refractivity contribution in [2.45, 2.75) is 70.3 Å². The van der Waals surface area contributed by atoms with Crippen LogP contribution in [0.2, 0.25) is 0 Å². The molecule has 34 heavy (non-hydrogen) atoms. The molecule has 0 saturated carbocycles. The third kappa shape index (κ3) is 5.16. The fourth-order valence-electron chi connectivity index (χ4n) is 4.95. The molecule has 0 spiro atoms. The first-order valence-electron chi connectivity index (χ1n) is 12.5. The van der Waals surface area contributed by atoms with E-state index < -0.39 is 24.0 Å². The number of fused-ring (bicyclic) bond motifs is 3. The maximum atomic E-state index is 12.9. The highest BCUT2D eigenvalue weighted by Gasteiger charge is 2.42. The van der Waals surface area contributed by atoms with Crippen LogP contribution in [0.25, 0.3) is 11.1 Å². The summed E-state index contributed by atoms with van der Waals surface area (Å²) in [6.45, 7) is 2.59. The van der Waals surface area contributed by atoms with Gasteiger partial charge in [-0.2, -0.15) is 0 Å². The molecule has 2 amide bonds. The molecular formula is C28H33NO5. The molecule has 1 aliphatic heterocycles. The van der Waals surface area contributed by atoms with E-state index in [9.17, 15) is 14.4 Å². The van der Waals surface area contributed by atoms with E-state index in [1.165, 1.54) is 19.3 Å². The highest BCUT2D eigenvalue weighted by atomic mass is 16.6. The number of imide groups is 1. The molecule has 6 nitrogen and oxygen atoms in total. The fraction of sp³-hybridized carbons (Fsp3) is 0.464. The van der Waals surface area contributed by atoms with Gasteiger partial charge in [0.25, 0.3) is 0 Å². The van der Waals surface area contributed by atoms with Gasteiger partial charge in [-0.3, -0.25) is 4.79 Å². The first kappa shape index (κ1) is 24.0. The molecule has 6 heteroatoms. The summed E-state index contributed by atoms with van der Waals surface area (Å²) >= 11 is 0. The van der Waals surface area contributed by atoms with Crippen molar-refractivity contribution in [1.82, 2.24) is 4.90 Å². The summed E-state index contributed by atoms with van der Waals surface area (Å²) in [6.07, 6.45) is 6.17. The predicted molar refractivity (Wildman–Crippen MR) is 129 cm³/mol. The Bertz CT molecular complexity index is 987. The second kappa shape index (κ2) is 11.3. The van der Waals surface area contributed by atoms with Crippen LogP contribution in [0, 0.1) is 0 Å². The number of hydrogen-bond donors (Lipinski definition) is 0. The van der Waals surface area contributed by atoms with Crippen LogP contribution in [0.15, 0.2) is 48.5 Å². The molecule has 0 bridgehead atoms. The highest BCUT2D eigenvalue weighted by molar-refractivity contribution is 5.99. The molecule has 2 aromatic rings. The van der Waals surface area contributed by atoms with E-state index in [2.05, 4.69) is 19.1 Å². The van der Waals surface area contributed by atoms with Crippen molar-refractivity contribution in [2.75, 3.05) is 13.2 Å². The Morgan fingerprint density at radius 1 is 0.882 bits per heavy atom. The van der Waals surface area contributed by atoms with Crippen LogP contribution in [0.5, 0.6) is 0 Å². The Morgan fingerprint density at radius 2 is 1.50 bits per heavy atom. The predicted octanol–water partition coefficient (Wildman–Crippen LogP) is 5.83. The molecule has 1 heterocycles. The van der Waals surface area contributed by atoms with Gasteiger partial charge in [0, 0.05) is 12.3 Å². The van der Waals surface area contributed by atoms with Gasteiger partial charge in [-0.25, -0.2) is 14.5 Å². The van der Waals surface area contributed by atoms with E-state index in [1.54, 1.807) is 0 Å². The van der Waals surface area contributed by atoms with Crippen LogP contribution in [-0.2, 0) is 19.1 Å². The quantitative estimate of drug-likeness (QED) is 0.327. The average Bonchev–Trinajstić information content (AvgIpc) is 3.40. The van der Waals surface area contributed by atoms with E-state index in [1.807, 2.05) is 36.4 Å². The van der Waals surface area contributed by atoms with Crippen molar-refractivity contribution in [2.24, 2.45) is 0 Å². The van der Waals surface area contributed by atoms with Gasteiger partial charge in [0.05, 0.1) is 6.61 Å². The lowest BCUT2D eigenvalue weighted by molar-refractivity contribution is -0.151. The highest BCUT2D eigenvalue weighted by Crippen LogP contribution is 2.44. The van der Waals surface area contributed by atoms with E-state index in [0.29, 0.717) is 6.61 Å². The summed E-state index contributed by atoms with van der Waals surface area (Å²) in [5.74, 6) is -1.01. The van der Waals surface area contributed by atoms with Crippen molar-refractivity contribution < 1.29 is 23.9 Å². The van der Waals surface area contributed by atoms with Crippen LogP contribution in [0.1, 0.15) is 75.3 Å². The Hall–Kier alpha value is -3.15. The smallest absolute Gasteiger partial charge is 0.417 e. The first-order chi connectivity index (χ1) is 16.6. The Balaban J connectivity index is 1.33. The van der Waals surface area contributed by atoms with E-state index in [-0.39, 0.29) is 25.4 Å². The van der Waals surface area contributed by atoms with E-state index in [4.69, 9.17) is 9.47 Å². The monoisotopic (exact) mass is 463 g/mol. The average molecular weight is 464 g/mol. The molecule has 180 valence electrons. The largest absolute Gasteiger partial charge is 0.464 e. The number of likely N-dealkylation sites (tertiary alicyclic amines) is 1. The van der Waals surface area contributed by atoms with Gasteiger partial charge < -0.3 is 9.47 Å². The van der Waals surface area contributed by atoms with Gasteiger partial charge in [0.1, 0.15) is 12.6 Å². The van der Waals surface area contributed by atoms with E-state index in [0.717, 1.165) is 46.4 Å². The molecule has 0 radical (unpaired) electrons. The molecule has 1 aliphatic carbocycles. The summed E-state index contributed by atoms with van der Waals surface area (Å²) in [6, 6.07) is 15.2. The minimum atomic E-state index is -0.900. The molecule has 1 saturated heterocycles. The number of unbranched alkanes of at least 4 members (excludes halogenated alkanes) is 5. The number of carbonyl (C=O) groups is 3. The Labute approximate surface area is 201 Å². The van der Waals surface area contributed by atoms with Gasteiger partial charge in [0.2, 0.25) is 5.91 Å². The number of ether oxygens (including phenoxy) is 2. The summed E-state index contributed by atoms with van der Waals surface area (Å²) in [7, 11) is 0. The maximum Gasteiger partial charge on any atom is 0.417 e. The zero-order chi connectivity index (χ0) is 23.9. The normalized spacial score (nSPS) is 16.9. The maximum absolute atomic E-state index is 12.9. The van der Waals surface area contributed by atoms with Crippen molar-refractivity contribution >= 4 is 18.0 Å². The lowest BCUT2D eigenvalue weighted by atomic mass is 9.98. The molecular weight excluding hydrogens is 430 g/mol. The lowest BCUT2D eigenvalue weighted by Gasteiger charge is -2.22. The second-order valence-corrected chi connectivity index (χ2v) is 9.06. The first-order valence-corrected chi connectivity index (χ1v) is 12.5. The third-order valence-corrected chi connectivity index (χ3v) is 6.76. The molecule has 1 fully saturated rings. The minimum Gasteiger partial charge on any atom is -0.464 e. The number of rotatable bonds is 10. The van der Waals surface area contributed by atoms with Crippen molar-refractivity contribution in [3.05, 3.63) is 59.7 Å². The zero-order valence-electron chi connectivity index (χ0n) is 19.8. The number of hydrogen-bond acceptors (Lipinski definition) is 5. The number of esters is 1. The summed E-state index contributed by atoms with van der Waals surface area (Å²) < 4.78 is 11.0. The SMILES string of the molecule is CCCCCCCCOC(=O)[C@@H]1CCC(=O)N1C(=O)OCC1c2ccccc2-c2ccccc21. The number of nitrogens with zero attached hydrogens (tertiary/aromatic N) is 1.